The first kappa shape index (κ1) is 13.1. The van der Waals surface area contributed by atoms with Crippen LogP contribution in [0.5, 0.6) is 0 Å². The van der Waals surface area contributed by atoms with E-state index in [4.69, 9.17) is 0 Å². The maximum atomic E-state index is 3.86. The first-order valence-electron chi connectivity index (χ1n) is 4.41. The van der Waals surface area contributed by atoms with Crippen molar-refractivity contribution in [1.82, 2.24) is 0 Å². The quantitative estimate of drug-likeness (QED) is 0.523. The molecule has 0 aromatic carbocycles. The lowest BCUT2D eigenvalue weighted by Crippen LogP contribution is -1.86. The van der Waals surface area contributed by atoms with Gasteiger partial charge >= 0.3 is 0 Å². The topological polar surface area (TPSA) is 0 Å². The maximum Gasteiger partial charge on any atom is -0.0225 e. The summed E-state index contributed by atoms with van der Waals surface area (Å²) >= 11 is 0. The van der Waals surface area contributed by atoms with Gasteiger partial charge in [-0.1, -0.05) is 58.4 Å². The molecule has 66 valence electrons. The molecule has 0 fully saturated rings. The molecule has 0 aromatic heterocycles. The van der Waals surface area contributed by atoms with Crippen LogP contribution in [0.4, 0.5) is 0 Å². The van der Waals surface area contributed by atoms with Crippen molar-refractivity contribution in [1.29, 1.82) is 0 Å². The van der Waals surface area contributed by atoms with Crippen LogP contribution in [0.25, 0.3) is 0 Å². The summed E-state index contributed by atoms with van der Waals surface area (Å²) < 4.78 is 0. The molecule has 0 bridgehead atoms. The lowest BCUT2D eigenvalue weighted by Gasteiger charge is -2.00. The van der Waals surface area contributed by atoms with Gasteiger partial charge in [0.05, 0.1) is 0 Å². The maximum absolute atomic E-state index is 3.86. The summed E-state index contributed by atoms with van der Waals surface area (Å²) in [6, 6.07) is 0. The highest BCUT2D eigenvalue weighted by molar-refractivity contribution is 5.15. The van der Waals surface area contributed by atoms with Crippen molar-refractivity contribution in [3.63, 3.8) is 0 Å². The molecule has 0 aliphatic heterocycles. The number of rotatable bonds is 2. The molecule has 0 amide bonds. The molecule has 0 spiro atoms. The van der Waals surface area contributed by atoms with Gasteiger partial charge in [-0.15, -0.1) is 0 Å². The first-order chi connectivity index (χ1) is 5.09. The largest absolute Gasteiger partial charge is 0.0956 e. The summed E-state index contributed by atoms with van der Waals surface area (Å²) in [5, 5.41) is 0. The highest BCUT2D eigenvalue weighted by Crippen LogP contribution is 2.06. The van der Waals surface area contributed by atoms with Gasteiger partial charge in [-0.3, -0.25) is 0 Å². The van der Waals surface area contributed by atoms with Crippen LogP contribution in [0.2, 0.25) is 0 Å². The van der Waals surface area contributed by atoms with E-state index in [9.17, 15) is 0 Å². The predicted molar refractivity (Wildman–Crippen MR) is 54.8 cm³/mol. The third-order valence-corrected chi connectivity index (χ3v) is 1.12. The Morgan fingerprint density at radius 1 is 1.36 bits per heavy atom. The van der Waals surface area contributed by atoms with Gasteiger partial charge in [-0.2, -0.15) is 0 Å². The van der Waals surface area contributed by atoms with Crippen molar-refractivity contribution >= 4 is 0 Å². The molecular formula is C11H22. The normalized spacial score (nSPS) is 9.64. The van der Waals surface area contributed by atoms with Gasteiger partial charge < -0.3 is 0 Å². The standard InChI is InChI=1S/C8H14.C3H8/c1-5-6-8(4)7(2)3;1-3-2/h5-7H,4H2,1-3H3;3H2,1-2H3/b6-5-;. The summed E-state index contributed by atoms with van der Waals surface area (Å²) in [5.74, 6) is 0.589. The Bertz CT molecular complexity index is 107. The minimum Gasteiger partial charge on any atom is -0.0956 e. The zero-order chi connectivity index (χ0) is 9.28. The van der Waals surface area contributed by atoms with Crippen molar-refractivity contribution in [2.75, 3.05) is 0 Å². The van der Waals surface area contributed by atoms with Crippen LogP contribution in [-0.2, 0) is 0 Å². The van der Waals surface area contributed by atoms with E-state index in [1.54, 1.807) is 0 Å². The second kappa shape index (κ2) is 9.48. The summed E-state index contributed by atoms with van der Waals surface area (Å²) in [4.78, 5) is 0. The van der Waals surface area contributed by atoms with Crippen molar-refractivity contribution < 1.29 is 0 Å². The van der Waals surface area contributed by atoms with Crippen molar-refractivity contribution in [3.05, 3.63) is 24.3 Å². The second-order valence-electron chi connectivity index (χ2n) is 2.94. The third-order valence-electron chi connectivity index (χ3n) is 1.12. The van der Waals surface area contributed by atoms with E-state index in [-0.39, 0.29) is 0 Å². The van der Waals surface area contributed by atoms with E-state index in [0.717, 1.165) is 0 Å². The van der Waals surface area contributed by atoms with Crippen LogP contribution >= 0.6 is 0 Å². The SMILES string of the molecule is C=C(/C=C\C)C(C)C.CCC. The van der Waals surface area contributed by atoms with E-state index in [1.807, 2.05) is 19.1 Å². The Kier molecular flexibility index (Phi) is 11.3. The molecule has 0 rings (SSSR count). The van der Waals surface area contributed by atoms with Crippen LogP contribution < -0.4 is 0 Å². The molecule has 0 unspecified atom stereocenters. The van der Waals surface area contributed by atoms with Crippen molar-refractivity contribution in [2.24, 2.45) is 5.92 Å². The number of hydrogen-bond donors (Lipinski definition) is 0. The van der Waals surface area contributed by atoms with Gasteiger partial charge in [0.15, 0.2) is 0 Å². The minimum absolute atomic E-state index is 0.589. The molecule has 0 heterocycles. The van der Waals surface area contributed by atoms with Crippen molar-refractivity contribution in [2.45, 2.75) is 41.0 Å². The average Bonchev–Trinajstić information content (AvgIpc) is 1.90. The Hall–Kier alpha value is -0.520. The second-order valence-corrected chi connectivity index (χ2v) is 2.94. The Morgan fingerprint density at radius 3 is 1.82 bits per heavy atom. The summed E-state index contributed by atoms with van der Waals surface area (Å²) in [7, 11) is 0. The van der Waals surface area contributed by atoms with E-state index < -0.39 is 0 Å². The highest BCUT2D eigenvalue weighted by Gasteiger charge is 1.91. The average molecular weight is 154 g/mol. The highest BCUT2D eigenvalue weighted by atomic mass is 14.0. The fourth-order valence-corrected chi connectivity index (χ4v) is 0.407. The molecule has 0 N–H and O–H groups in total. The smallest absolute Gasteiger partial charge is 0.0225 e. The van der Waals surface area contributed by atoms with Gasteiger partial charge in [0.1, 0.15) is 0 Å². The molecule has 11 heavy (non-hydrogen) atoms. The predicted octanol–water partition coefficient (Wildman–Crippen LogP) is 4.19. The zero-order valence-corrected chi connectivity index (χ0v) is 8.65. The Balaban J connectivity index is 0. The molecule has 0 aliphatic rings. The van der Waals surface area contributed by atoms with Crippen LogP contribution in [0.1, 0.15) is 41.0 Å². The fourth-order valence-electron chi connectivity index (χ4n) is 0.407. The van der Waals surface area contributed by atoms with Gasteiger partial charge in [-0.05, 0) is 12.8 Å². The van der Waals surface area contributed by atoms with E-state index in [2.05, 4.69) is 34.3 Å². The molecule has 0 saturated heterocycles. The molecular weight excluding hydrogens is 132 g/mol. The van der Waals surface area contributed by atoms with Crippen LogP contribution in [0.3, 0.4) is 0 Å². The van der Waals surface area contributed by atoms with Crippen LogP contribution in [-0.4, -0.2) is 0 Å². The fraction of sp³-hybridized carbons (Fsp3) is 0.636. The van der Waals surface area contributed by atoms with Crippen molar-refractivity contribution in [3.8, 4) is 0 Å². The monoisotopic (exact) mass is 154 g/mol. The third kappa shape index (κ3) is 12.6. The molecule has 0 radical (unpaired) electrons. The minimum atomic E-state index is 0.589. The first-order valence-corrected chi connectivity index (χ1v) is 4.41. The van der Waals surface area contributed by atoms with E-state index in [0.29, 0.717) is 5.92 Å². The molecule has 0 heteroatoms. The van der Waals surface area contributed by atoms with Gasteiger partial charge in [0.25, 0.3) is 0 Å². The van der Waals surface area contributed by atoms with Crippen LogP contribution in [0.15, 0.2) is 24.3 Å². The molecule has 0 aromatic rings. The summed E-state index contributed by atoms with van der Waals surface area (Å²) in [5.41, 5.74) is 1.20. The van der Waals surface area contributed by atoms with Crippen LogP contribution in [0, 0.1) is 5.92 Å². The number of allylic oxidation sites excluding steroid dienone is 3. The lowest BCUT2D eigenvalue weighted by atomic mass is 10.1. The number of hydrogen-bond acceptors (Lipinski definition) is 0. The lowest BCUT2D eigenvalue weighted by molar-refractivity contribution is 0.795. The van der Waals surface area contributed by atoms with E-state index in [1.165, 1.54) is 12.0 Å². The summed E-state index contributed by atoms with van der Waals surface area (Å²) in [6.07, 6.45) is 5.31. The molecule has 0 atom stereocenters. The van der Waals surface area contributed by atoms with Gasteiger partial charge in [0.2, 0.25) is 0 Å². The Morgan fingerprint density at radius 2 is 1.73 bits per heavy atom. The van der Waals surface area contributed by atoms with E-state index >= 15 is 0 Å². The zero-order valence-electron chi connectivity index (χ0n) is 8.65. The molecule has 0 saturated carbocycles. The summed E-state index contributed by atoms with van der Waals surface area (Å²) in [6.45, 7) is 14.4. The van der Waals surface area contributed by atoms with Gasteiger partial charge in [0, 0.05) is 0 Å². The molecule has 0 nitrogen and oxygen atoms in total. The Labute approximate surface area is 72.0 Å². The molecule has 0 aliphatic carbocycles. The van der Waals surface area contributed by atoms with Gasteiger partial charge in [-0.25, -0.2) is 0 Å².